The third-order valence-electron chi connectivity index (χ3n) is 5.48. The lowest BCUT2D eigenvalue weighted by molar-refractivity contribution is -0.118. The van der Waals surface area contributed by atoms with Crippen molar-refractivity contribution in [1.82, 2.24) is 0 Å². The second kappa shape index (κ2) is 10.4. The monoisotopic (exact) mass is 458 g/mol. The SMILES string of the molecule is CC(C)C(=O)Nc1ccc(NCc2c(OCc3ccccc3Cl)ccc3ccccc23)cc1. The molecule has 4 nitrogen and oxygen atoms in total. The van der Waals surface area contributed by atoms with E-state index in [2.05, 4.69) is 28.8 Å². The van der Waals surface area contributed by atoms with Gasteiger partial charge in [0.25, 0.3) is 0 Å². The van der Waals surface area contributed by atoms with Crippen LogP contribution in [-0.2, 0) is 17.9 Å². The van der Waals surface area contributed by atoms with Gasteiger partial charge in [-0.25, -0.2) is 0 Å². The smallest absolute Gasteiger partial charge is 0.226 e. The van der Waals surface area contributed by atoms with Crippen molar-refractivity contribution in [3.8, 4) is 5.75 Å². The van der Waals surface area contributed by atoms with E-state index in [-0.39, 0.29) is 11.8 Å². The molecule has 0 atom stereocenters. The van der Waals surface area contributed by atoms with E-state index in [1.165, 1.54) is 0 Å². The largest absolute Gasteiger partial charge is 0.488 e. The highest BCUT2D eigenvalue weighted by Gasteiger charge is 2.11. The Kier molecular flexibility index (Phi) is 7.16. The zero-order valence-corrected chi connectivity index (χ0v) is 19.5. The molecule has 33 heavy (non-hydrogen) atoms. The zero-order chi connectivity index (χ0) is 23.2. The minimum atomic E-state index is -0.0571. The van der Waals surface area contributed by atoms with Crippen LogP contribution >= 0.6 is 11.6 Å². The van der Waals surface area contributed by atoms with Crippen molar-refractivity contribution in [3.63, 3.8) is 0 Å². The Labute approximate surface area is 199 Å². The first-order valence-electron chi connectivity index (χ1n) is 11.0. The number of benzene rings is 4. The molecular formula is C28H27ClN2O2. The first-order valence-corrected chi connectivity index (χ1v) is 11.4. The lowest BCUT2D eigenvalue weighted by Gasteiger charge is -2.16. The highest BCUT2D eigenvalue weighted by Crippen LogP contribution is 2.30. The maximum atomic E-state index is 11.9. The predicted molar refractivity (Wildman–Crippen MR) is 137 cm³/mol. The number of hydrogen-bond donors (Lipinski definition) is 2. The molecule has 168 valence electrons. The van der Waals surface area contributed by atoms with Crippen LogP contribution in [0.25, 0.3) is 10.8 Å². The fourth-order valence-corrected chi connectivity index (χ4v) is 3.74. The molecule has 0 spiro atoms. The summed E-state index contributed by atoms with van der Waals surface area (Å²) in [4.78, 5) is 11.9. The Bertz CT molecular complexity index is 1250. The molecule has 4 rings (SSSR count). The van der Waals surface area contributed by atoms with Crippen LogP contribution in [0.5, 0.6) is 5.75 Å². The number of carbonyl (C=O) groups excluding carboxylic acids is 1. The summed E-state index contributed by atoms with van der Waals surface area (Å²) in [6, 6.07) is 27.8. The number of carbonyl (C=O) groups is 1. The minimum absolute atomic E-state index is 0.00627. The lowest BCUT2D eigenvalue weighted by atomic mass is 10.0. The van der Waals surface area contributed by atoms with Gasteiger partial charge in [0.15, 0.2) is 0 Å². The highest BCUT2D eigenvalue weighted by atomic mass is 35.5. The second-order valence-corrected chi connectivity index (χ2v) is 8.63. The maximum absolute atomic E-state index is 11.9. The Morgan fingerprint density at radius 3 is 2.33 bits per heavy atom. The summed E-state index contributed by atoms with van der Waals surface area (Å²) in [5, 5.41) is 9.40. The van der Waals surface area contributed by atoms with E-state index in [0.717, 1.165) is 39.0 Å². The Hall–Kier alpha value is -3.50. The standard InChI is InChI=1S/C28H27ClN2O2/c1-19(2)28(32)31-23-14-12-22(13-15-23)30-17-25-24-9-5-3-7-20(24)11-16-27(25)33-18-21-8-4-6-10-26(21)29/h3-16,19,30H,17-18H2,1-2H3,(H,31,32). The van der Waals surface area contributed by atoms with E-state index in [4.69, 9.17) is 16.3 Å². The van der Waals surface area contributed by atoms with Crippen LogP contribution in [0.1, 0.15) is 25.0 Å². The molecule has 0 unspecified atom stereocenters. The fourth-order valence-electron chi connectivity index (χ4n) is 3.55. The van der Waals surface area contributed by atoms with Crippen molar-refractivity contribution in [2.24, 2.45) is 5.92 Å². The quantitative estimate of drug-likeness (QED) is 0.291. The molecule has 0 saturated carbocycles. The molecule has 1 amide bonds. The van der Waals surface area contributed by atoms with Crippen LogP contribution in [0.15, 0.2) is 84.9 Å². The van der Waals surface area contributed by atoms with Crippen molar-refractivity contribution >= 4 is 39.7 Å². The van der Waals surface area contributed by atoms with Gasteiger partial charge < -0.3 is 15.4 Å². The van der Waals surface area contributed by atoms with Crippen LogP contribution in [0.4, 0.5) is 11.4 Å². The molecule has 0 bridgehead atoms. The molecular weight excluding hydrogens is 432 g/mol. The van der Waals surface area contributed by atoms with Crippen LogP contribution in [0.2, 0.25) is 5.02 Å². The molecule has 0 aliphatic rings. The molecule has 0 radical (unpaired) electrons. The van der Waals surface area contributed by atoms with E-state index < -0.39 is 0 Å². The van der Waals surface area contributed by atoms with Gasteiger partial charge in [-0.3, -0.25) is 4.79 Å². The number of amides is 1. The molecule has 2 N–H and O–H groups in total. The number of hydrogen-bond acceptors (Lipinski definition) is 3. The van der Waals surface area contributed by atoms with Crippen LogP contribution in [-0.4, -0.2) is 5.91 Å². The first kappa shape index (κ1) is 22.7. The van der Waals surface area contributed by atoms with Gasteiger partial charge in [-0.1, -0.05) is 74.0 Å². The molecule has 0 fully saturated rings. The normalized spacial score (nSPS) is 10.9. The molecule has 0 heterocycles. The van der Waals surface area contributed by atoms with Crippen LogP contribution in [0.3, 0.4) is 0 Å². The topological polar surface area (TPSA) is 50.4 Å². The summed E-state index contributed by atoms with van der Waals surface area (Å²) in [6.45, 7) is 4.74. The predicted octanol–water partition coefficient (Wildman–Crippen LogP) is 7.28. The average molecular weight is 459 g/mol. The fraction of sp³-hybridized carbons (Fsp3) is 0.179. The maximum Gasteiger partial charge on any atom is 0.226 e. The molecule has 0 saturated heterocycles. The Balaban J connectivity index is 1.53. The second-order valence-electron chi connectivity index (χ2n) is 8.22. The van der Waals surface area contributed by atoms with E-state index in [1.807, 2.05) is 80.6 Å². The Morgan fingerprint density at radius 2 is 1.58 bits per heavy atom. The van der Waals surface area contributed by atoms with E-state index in [1.54, 1.807) is 0 Å². The van der Waals surface area contributed by atoms with Gasteiger partial charge in [0.2, 0.25) is 5.91 Å². The average Bonchev–Trinajstić information content (AvgIpc) is 2.83. The van der Waals surface area contributed by atoms with Gasteiger partial charge in [0.05, 0.1) is 0 Å². The van der Waals surface area contributed by atoms with Crippen molar-refractivity contribution in [2.45, 2.75) is 27.0 Å². The number of rotatable bonds is 8. The van der Waals surface area contributed by atoms with Gasteiger partial charge >= 0.3 is 0 Å². The number of halogens is 1. The van der Waals surface area contributed by atoms with E-state index in [0.29, 0.717) is 18.2 Å². The molecule has 0 aromatic heterocycles. The van der Waals surface area contributed by atoms with Gasteiger partial charge in [0.1, 0.15) is 12.4 Å². The summed E-state index contributed by atoms with van der Waals surface area (Å²) in [5.74, 6) is 0.770. The van der Waals surface area contributed by atoms with Gasteiger partial charge in [-0.05, 0) is 47.2 Å². The van der Waals surface area contributed by atoms with E-state index in [9.17, 15) is 4.79 Å². The minimum Gasteiger partial charge on any atom is -0.488 e. The molecule has 5 heteroatoms. The Morgan fingerprint density at radius 1 is 0.879 bits per heavy atom. The third kappa shape index (κ3) is 5.65. The van der Waals surface area contributed by atoms with Gasteiger partial charge in [-0.2, -0.15) is 0 Å². The number of ether oxygens (including phenoxy) is 1. The van der Waals surface area contributed by atoms with Gasteiger partial charge in [-0.15, -0.1) is 0 Å². The number of fused-ring (bicyclic) bond motifs is 1. The van der Waals surface area contributed by atoms with Crippen molar-refractivity contribution < 1.29 is 9.53 Å². The highest BCUT2D eigenvalue weighted by molar-refractivity contribution is 6.31. The van der Waals surface area contributed by atoms with Gasteiger partial charge in [0, 0.05) is 40.0 Å². The number of nitrogens with one attached hydrogen (secondary N) is 2. The first-order chi connectivity index (χ1) is 16.0. The molecule has 0 aliphatic carbocycles. The zero-order valence-electron chi connectivity index (χ0n) is 18.8. The van der Waals surface area contributed by atoms with Crippen molar-refractivity contribution in [3.05, 3.63) is 101 Å². The summed E-state index contributed by atoms with van der Waals surface area (Å²) >= 11 is 6.31. The number of anilines is 2. The van der Waals surface area contributed by atoms with Crippen LogP contribution in [0, 0.1) is 5.92 Å². The summed E-state index contributed by atoms with van der Waals surface area (Å²) in [6.07, 6.45) is 0. The van der Waals surface area contributed by atoms with Crippen molar-refractivity contribution in [1.29, 1.82) is 0 Å². The van der Waals surface area contributed by atoms with Crippen molar-refractivity contribution in [2.75, 3.05) is 10.6 Å². The summed E-state index contributed by atoms with van der Waals surface area (Å²) in [5.41, 5.74) is 3.78. The van der Waals surface area contributed by atoms with Crippen LogP contribution < -0.4 is 15.4 Å². The summed E-state index contributed by atoms with van der Waals surface area (Å²) < 4.78 is 6.21. The van der Waals surface area contributed by atoms with E-state index >= 15 is 0 Å². The molecule has 4 aromatic carbocycles. The summed E-state index contributed by atoms with van der Waals surface area (Å²) in [7, 11) is 0. The third-order valence-corrected chi connectivity index (χ3v) is 5.85. The lowest BCUT2D eigenvalue weighted by Crippen LogP contribution is -2.17. The molecule has 0 aliphatic heterocycles. The molecule has 4 aromatic rings.